The summed E-state index contributed by atoms with van der Waals surface area (Å²) in [6.07, 6.45) is 0. The smallest absolute Gasteiger partial charge is 0.138 e. The molecule has 1 nitrogen and oxygen atoms in total. The molecule has 0 bridgehead atoms. The molecule has 1 unspecified atom stereocenters. The maximum absolute atomic E-state index is 5.24. The van der Waals surface area contributed by atoms with Crippen molar-refractivity contribution in [2.75, 3.05) is 0 Å². The van der Waals surface area contributed by atoms with Crippen molar-refractivity contribution in [1.29, 1.82) is 0 Å². The van der Waals surface area contributed by atoms with Gasteiger partial charge >= 0.3 is 0 Å². The van der Waals surface area contributed by atoms with E-state index >= 15 is 0 Å². The molecule has 38 valence electrons. The highest BCUT2D eigenvalue weighted by Gasteiger charge is 1.91. The molecule has 0 rings (SSSR count). The number of hydrogen-bond acceptors (Lipinski definition) is 1. The standard InChI is InChI=1S/C2H12OSi3/c1-2-6(5)3-4/h6H,2H2,1,4-5H3. The zero-order valence-electron chi connectivity index (χ0n) is 4.69. The van der Waals surface area contributed by atoms with Crippen molar-refractivity contribution < 1.29 is 4.12 Å². The Balaban J connectivity index is 2.75. The molecule has 0 aliphatic carbocycles. The summed E-state index contributed by atoms with van der Waals surface area (Å²) in [5.74, 6) is 0. The second-order valence-electron chi connectivity index (χ2n) is 1.45. The molecule has 1 atom stereocenters. The van der Waals surface area contributed by atoms with Crippen LogP contribution in [0, 0.1) is 0 Å². The molecule has 0 aliphatic heterocycles. The van der Waals surface area contributed by atoms with Crippen molar-refractivity contribution in [3.05, 3.63) is 0 Å². The Kier molecular flexibility index (Phi) is 4.17. The normalized spacial score (nSPS) is 15.5. The Labute approximate surface area is 46.6 Å². The van der Waals surface area contributed by atoms with E-state index in [1.807, 2.05) is 0 Å². The lowest BCUT2D eigenvalue weighted by molar-refractivity contribution is 0.653. The van der Waals surface area contributed by atoms with E-state index < -0.39 is 8.56 Å². The predicted molar refractivity (Wildman–Crippen MR) is 38.6 cm³/mol. The second kappa shape index (κ2) is 3.79. The van der Waals surface area contributed by atoms with Crippen LogP contribution in [-0.2, 0) is 4.12 Å². The maximum atomic E-state index is 5.24. The summed E-state index contributed by atoms with van der Waals surface area (Å²) in [5.41, 5.74) is 0. The summed E-state index contributed by atoms with van der Waals surface area (Å²) in [5, 5.41) is 0. The topological polar surface area (TPSA) is 9.23 Å². The van der Waals surface area contributed by atoms with Gasteiger partial charge in [-0.2, -0.15) is 0 Å². The van der Waals surface area contributed by atoms with Gasteiger partial charge in [-0.3, -0.25) is 0 Å². The van der Waals surface area contributed by atoms with E-state index in [-0.39, 0.29) is 0 Å². The molecule has 0 N–H and O–H groups in total. The van der Waals surface area contributed by atoms with Gasteiger partial charge in [0.1, 0.15) is 19.0 Å². The van der Waals surface area contributed by atoms with Crippen LogP contribution in [-0.4, -0.2) is 28.8 Å². The van der Waals surface area contributed by atoms with Gasteiger partial charge in [0.25, 0.3) is 0 Å². The fraction of sp³-hybridized carbons (Fsp3) is 1.00. The van der Waals surface area contributed by atoms with Crippen LogP contribution < -0.4 is 0 Å². The van der Waals surface area contributed by atoms with Gasteiger partial charge in [-0.1, -0.05) is 6.92 Å². The van der Waals surface area contributed by atoms with E-state index in [1.54, 1.807) is 0 Å². The van der Waals surface area contributed by atoms with Gasteiger partial charge in [0.2, 0.25) is 0 Å². The quantitative estimate of drug-likeness (QED) is 0.395. The van der Waals surface area contributed by atoms with Crippen molar-refractivity contribution in [3.8, 4) is 0 Å². The van der Waals surface area contributed by atoms with Gasteiger partial charge in [-0.15, -0.1) is 0 Å². The third-order valence-corrected chi connectivity index (χ3v) is 12.0. The van der Waals surface area contributed by atoms with Crippen LogP contribution in [0.25, 0.3) is 0 Å². The lowest BCUT2D eigenvalue weighted by Crippen LogP contribution is -2.14. The van der Waals surface area contributed by atoms with Gasteiger partial charge in [0.15, 0.2) is 0 Å². The molecule has 0 aromatic carbocycles. The molecule has 0 fully saturated rings. The van der Waals surface area contributed by atoms with Gasteiger partial charge in [-0.05, 0) is 6.04 Å². The van der Waals surface area contributed by atoms with Crippen LogP contribution in [0.2, 0.25) is 6.04 Å². The summed E-state index contributed by atoms with van der Waals surface area (Å²) in [6.45, 7) is 2.22. The molecule has 0 aromatic rings. The Morgan fingerprint density at radius 3 is 2.33 bits per heavy atom. The Morgan fingerprint density at radius 1 is 1.83 bits per heavy atom. The first-order valence-electron chi connectivity index (χ1n) is 2.34. The van der Waals surface area contributed by atoms with Crippen LogP contribution >= 0.6 is 0 Å². The van der Waals surface area contributed by atoms with Crippen LogP contribution in [0.5, 0.6) is 0 Å². The molecular formula is C2H12OSi3. The van der Waals surface area contributed by atoms with Gasteiger partial charge in [0.05, 0.1) is 0 Å². The Bertz CT molecular complexity index is 28.0. The van der Waals surface area contributed by atoms with Crippen molar-refractivity contribution >= 4 is 28.8 Å². The molecular weight excluding hydrogens is 124 g/mol. The zero-order valence-corrected chi connectivity index (χ0v) is 9.85. The molecule has 0 saturated heterocycles. The molecule has 0 amide bonds. The van der Waals surface area contributed by atoms with E-state index in [2.05, 4.69) is 6.92 Å². The van der Waals surface area contributed by atoms with E-state index in [0.717, 1.165) is 10.5 Å². The number of hydrogen-bond donors (Lipinski definition) is 0. The second-order valence-corrected chi connectivity index (χ2v) is 9.64. The molecule has 0 spiro atoms. The third kappa shape index (κ3) is 2.83. The predicted octanol–water partition coefficient (Wildman–Crippen LogP) is -2.11. The van der Waals surface area contributed by atoms with Crippen molar-refractivity contribution in [2.45, 2.75) is 13.0 Å². The maximum Gasteiger partial charge on any atom is 0.138 e. The van der Waals surface area contributed by atoms with Crippen LogP contribution in [0.15, 0.2) is 0 Å². The van der Waals surface area contributed by atoms with E-state index in [4.69, 9.17) is 4.12 Å². The first kappa shape index (κ1) is 6.61. The third-order valence-electron chi connectivity index (χ3n) is 0.977. The molecule has 0 radical (unpaired) electrons. The minimum atomic E-state index is -0.460. The van der Waals surface area contributed by atoms with Gasteiger partial charge in [0, 0.05) is 9.76 Å². The summed E-state index contributed by atoms with van der Waals surface area (Å²) in [4.78, 5) is 0. The summed E-state index contributed by atoms with van der Waals surface area (Å²) >= 11 is 0. The summed E-state index contributed by atoms with van der Waals surface area (Å²) < 4.78 is 5.24. The average Bonchev–Trinajstić information content (AvgIpc) is 1.65. The lowest BCUT2D eigenvalue weighted by atomic mass is 11.0. The van der Waals surface area contributed by atoms with Crippen molar-refractivity contribution in [2.24, 2.45) is 0 Å². The first-order valence-corrected chi connectivity index (χ1v) is 9.06. The lowest BCUT2D eigenvalue weighted by Gasteiger charge is -2.00. The molecule has 0 heterocycles. The molecule has 0 aliphatic rings. The molecule has 0 aromatic heterocycles. The first-order chi connectivity index (χ1) is 2.81. The highest BCUT2D eigenvalue weighted by Crippen LogP contribution is 1.80. The van der Waals surface area contributed by atoms with Crippen molar-refractivity contribution in [3.63, 3.8) is 0 Å². The highest BCUT2D eigenvalue weighted by molar-refractivity contribution is 7.00. The minimum absolute atomic E-state index is 0.460. The van der Waals surface area contributed by atoms with Crippen LogP contribution in [0.4, 0.5) is 0 Å². The largest absolute Gasteiger partial charge is 0.468 e. The van der Waals surface area contributed by atoms with E-state index in [0.29, 0.717) is 0 Å². The van der Waals surface area contributed by atoms with Gasteiger partial charge < -0.3 is 4.12 Å². The fourth-order valence-corrected chi connectivity index (χ4v) is 1.50. The molecule has 0 saturated carbocycles. The summed E-state index contributed by atoms with van der Waals surface area (Å²) in [7, 11) is 1.86. The SMILES string of the molecule is CC[SiH]([SiH3])O[SiH3]. The van der Waals surface area contributed by atoms with Crippen LogP contribution in [0.1, 0.15) is 6.92 Å². The Hall–Kier alpha value is 0.611. The molecule has 4 heteroatoms. The zero-order chi connectivity index (χ0) is 4.99. The fourth-order valence-electron chi connectivity index (χ4n) is 0.167. The Morgan fingerprint density at radius 2 is 2.33 bits per heavy atom. The summed E-state index contributed by atoms with van der Waals surface area (Å²) in [6, 6.07) is 1.34. The van der Waals surface area contributed by atoms with E-state index in [9.17, 15) is 0 Å². The monoisotopic (exact) mass is 136 g/mol. The van der Waals surface area contributed by atoms with E-state index in [1.165, 1.54) is 15.8 Å². The van der Waals surface area contributed by atoms with Crippen LogP contribution in [0.3, 0.4) is 0 Å². The van der Waals surface area contributed by atoms with Crippen molar-refractivity contribution in [1.82, 2.24) is 0 Å². The van der Waals surface area contributed by atoms with Gasteiger partial charge in [-0.25, -0.2) is 0 Å². The molecule has 6 heavy (non-hydrogen) atoms. The number of rotatable bonds is 2. The minimum Gasteiger partial charge on any atom is -0.468 e. The average molecular weight is 136 g/mol. The highest BCUT2D eigenvalue weighted by atomic mass is 29.2.